The van der Waals surface area contributed by atoms with Gasteiger partial charge in [-0.2, -0.15) is 5.26 Å². The lowest BCUT2D eigenvalue weighted by atomic mass is 10.3. The average Bonchev–Trinajstić information content (AvgIpc) is 2.33. The lowest BCUT2D eigenvalue weighted by molar-refractivity contribution is 0.281. The molecule has 0 saturated carbocycles. The molecule has 2 N–H and O–H groups in total. The smallest absolute Gasteiger partial charge is 0.250 e. The maximum atomic E-state index is 11.5. The van der Waals surface area contributed by atoms with Gasteiger partial charge in [-0.25, -0.2) is 0 Å². The number of hydrogen-bond acceptors (Lipinski definition) is 4. The summed E-state index contributed by atoms with van der Waals surface area (Å²) in [6.07, 6.45) is 2.17. The molecule has 1 aromatic rings. The molecule has 92 valence electrons. The van der Waals surface area contributed by atoms with Crippen molar-refractivity contribution in [2.75, 3.05) is 25.4 Å². The molecule has 0 aromatic carbocycles. The van der Waals surface area contributed by atoms with Gasteiger partial charge in [-0.05, 0) is 12.6 Å². The molecule has 0 saturated heterocycles. The Bertz CT molecular complexity index is 447. The topological polar surface area (TPSA) is 75.1 Å². The number of rotatable bonds is 6. The summed E-state index contributed by atoms with van der Waals surface area (Å²) in [5.41, 5.74) is 6.17. The van der Waals surface area contributed by atoms with Crippen molar-refractivity contribution in [2.24, 2.45) is 0 Å². The molecule has 1 rings (SSSR count). The SMILES string of the molecule is CCN(CCC#N)CCn1cc(N)ccc1=O. The molecule has 0 aliphatic carbocycles. The van der Waals surface area contributed by atoms with Crippen LogP contribution in [0.5, 0.6) is 0 Å². The van der Waals surface area contributed by atoms with Gasteiger partial charge in [0.2, 0.25) is 0 Å². The summed E-state index contributed by atoms with van der Waals surface area (Å²) in [5.74, 6) is 0. The van der Waals surface area contributed by atoms with Gasteiger partial charge in [0.1, 0.15) is 0 Å². The average molecular weight is 234 g/mol. The number of hydrogen-bond donors (Lipinski definition) is 1. The van der Waals surface area contributed by atoms with Crippen LogP contribution in [0.2, 0.25) is 0 Å². The fraction of sp³-hybridized carbons (Fsp3) is 0.500. The van der Waals surface area contributed by atoms with Crippen molar-refractivity contribution in [2.45, 2.75) is 19.9 Å². The Labute approximate surface area is 101 Å². The molecule has 0 aliphatic rings. The van der Waals surface area contributed by atoms with Gasteiger partial charge in [0, 0.05) is 44.0 Å². The monoisotopic (exact) mass is 234 g/mol. The molecule has 5 heteroatoms. The van der Waals surface area contributed by atoms with Gasteiger partial charge in [-0.1, -0.05) is 6.92 Å². The molecule has 0 unspecified atom stereocenters. The quantitative estimate of drug-likeness (QED) is 0.784. The van der Waals surface area contributed by atoms with E-state index in [0.29, 0.717) is 18.7 Å². The van der Waals surface area contributed by atoms with E-state index < -0.39 is 0 Å². The Morgan fingerprint density at radius 3 is 2.88 bits per heavy atom. The van der Waals surface area contributed by atoms with Crippen molar-refractivity contribution in [1.82, 2.24) is 9.47 Å². The van der Waals surface area contributed by atoms with Gasteiger partial charge in [-0.3, -0.25) is 4.79 Å². The first-order valence-corrected chi connectivity index (χ1v) is 5.72. The first-order valence-electron chi connectivity index (χ1n) is 5.72. The number of aromatic nitrogens is 1. The van der Waals surface area contributed by atoms with E-state index in [1.54, 1.807) is 16.8 Å². The molecular formula is C12H18N4O. The van der Waals surface area contributed by atoms with Crippen LogP contribution >= 0.6 is 0 Å². The molecule has 0 amide bonds. The summed E-state index contributed by atoms with van der Waals surface area (Å²) in [4.78, 5) is 13.7. The maximum Gasteiger partial charge on any atom is 0.250 e. The third-order valence-electron chi connectivity index (χ3n) is 2.65. The van der Waals surface area contributed by atoms with Crippen LogP contribution in [0.1, 0.15) is 13.3 Å². The number of pyridine rings is 1. The summed E-state index contributed by atoms with van der Waals surface area (Å²) in [5, 5.41) is 8.53. The number of nitrogens with two attached hydrogens (primary N) is 1. The van der Waals surface area contributed by atoms with E-state index in [9.17, 15) is 4.79 Å². The standard InChI is InChI=1S/C12H18N4O/c1-2-15(7-3-6-13)8-9-16-10-11(14)4-5-12(16)17/h4-5,10H,2-3,7-9,14H2,1H3. The Balaban J connectivity index is 2.56. The van der Waals surface area contributed by atoms with Crippen LogP contribution in [-0.2, 0) is 6.54 Å². The minimum absolute atomic E-state index is 0.0458. The number of nitrogens with zero attached hydrogens (tertiary/aromatic N) is 3. The van der Waals surface area contributed by atoms with E-state index in [1.807, 2.05) is 6.92 Å². The number of likely N-dealkylation sites (N-methyl/N-ethyl adjacent to an activating group) is 1. The highest BCUT2D eigenvalue weighted by Gasteiger charge is 2.03. The summed E-state index contributed by atoms with van der Waals surface area (Å²) in [6, 6.07) is 5.20. The Morgan fingerprint density at radius 2 is 2.24 bits per heavy atom. The van der Waals surface area contributed by atoms with Crippen LogP contribution in [-0.4, -0.2) is 29.1 Å². The van der Waals surface area contributed by atoms with Gasteiger partial charge >= 0.3 is 0 Å². The molecule has 0 atom stereocenters. The summed E-state index contributed by atoms with van der Waals surface area (Å²) in [6.45, 7) is 5.01. The van der Waals surface area contributed by atoms with Crippen molar-refractivity contribution < 1.29 is 0 Å². The third-order valence-corrected chi connectivity index (χ3v) is 2.65. The minimum atomic E-state index is -0.0458. The molecule has 0 bridgehead atoms. The van der Waals surface area contributed by atoms with Gasteiger partial charge in [-0.15, -0.1) is 0 Å². The molecule has 0 aliphatic heterocycles. The maximum absolute atomic E-state index is 11.5. The lowest BCUT2D eigenvalue weighted by Gasteiger charge is -2.19. The minimum Gasteiger partial charge on any atom is -0.398 e. The molecule has 1 aromatic heterocycles. The Hall–Kier alpha value is -1.80. The molecular weight excluding hydrogens is 216 g/mol. The van der Waals surface area contributed by atoms with Crippen molar-refractivity contribution in [3.63, 3.8) is 0 Å². The van der Waals surface area contributed by atoms with Crippen LogP contribution in [0, 0.1) is 11.3 Å². The first kappa shape index (κ1) is 13.3. The molecule has 0 spiro atoms. The fourth-order valence-corrected chi connectivity index (χ4v) is 1.61. The van der Waals surface area contributed by atoms with Crippen molar-refractivity contribution in [3.05, 3.63) is 28.7 Å². The van der Waals surface area contributed by atoms with E-state index in [2.05, 4.69) is 11.0 Å². The third kappa shape index (κ3) is 4.29. The second-order valence-electron chi connectivity index (χ2n) is 3.84. The molecule has 5 nitrogen and oxygen atoms in total. The lowest BCUT2D eigenvalue weighted by Crippen LogP contribution is -2.31. The predicted molar refractivity (Wildman–Crippen MR) is 67.5 cm³/mol. The van der Waals surface area contributed by atoms with Crippen LogP contribution in [0.25, 0.3) is 0 Å². The van der Waals surface area contributed by atoms with E-state index in [-0.39, 0.29) is 5.56 Å². The van der Waals surface area contributed by atoms with Crippen LogP contribution in [0.3, 0.4) is 0 Å². The largest absolute Gasteiger partial charge is 0.398 e. The van der Waals surface area contributed by atoms with Gasteiger partial charge in [0.25, 0.3) is 5.56 Å². The highest BCUT2D eigenvalue weighted by molar-refractivity contribution is 5.33. The normalized spacial score (nSPS) is 10.4. The van der Waals surface area contributed by atoms with E-state index in [4.69, 9.17) is 11.0 Å². The Kier molecular flexibility index (Phi) is 5.24. The van der Waals surface area contributed by atoms with E-state index in [0.717, 1.165) is 19.6 Å². The summed E-state index contributed by atoms with van der Waals surface area (Å²) in [7, 11) is 0. The van der Waals surface area contributed by atoms with Crippen molar-refractivity contribution in [3.8, 4) is 6.07 Å². The molecule has 0 fully saturated rings. The van der Waals surface area contributed by atoms with Crippen molar-refractivity contribution in [1.29, 1.82) is 5.26 Å². The van der Waals surface area contributed by atoms with Gasteiger partial charge in [0.15, 0.2) is 0 Å². The molecule has 0 radical (unpaired) electrons. The molecule has 17 heavy (non-hydrogen) atoms. The van der Waals surface area contributed by atoms with E-state index >= 15 is 0 Å². The number of nitrogen functional groups attached to an aromatic ring is 1. The van der Waals surface area contributed by atoms with E-state index in [1.165, 1.54) is 6.07 Å². The highest BCUT2D eigenvalue weighted by Crippen LogP contribution is 1.97. The zero-order valence-electron chi connectivity index (χ0n) is 10.1. The Morgan fingerprint density at radius 1 is 1.47 bits per heavy atom. The second kappa shape index (κ2) is 6.71. The van der Waals surface area contributed by atoms with Crippen LogP contribution in [0.4, 0.5) is 5.69 Å². The highest BCUT2D eigenvalue weighted by atomic mass is 16.1. The van der Waals surface area contributed by atoms with Crippen LogP contribution < -0.4 is 11.3 Å². The summed E-state index contributed by atoms with van der Waals surface area (Å²) < 4.78 is 1.60. The first-order chi connectivity index (χ1) is 8.17. The zero-order valence-corrected chi connectivity index (χ0v) is 10.1. The number of anilines is 1. The predicted octanol–water partition coefficient (Wildman–Crippen LogP) is 0.666. The number of nitriles is 1. The van der Waals surface area contributed by atoms with Crippen LogP contribution in [0.15, 0.2) is 23.1 Å². The zero-order chi connectivity index (χ0) is 12.7. The van der Waals surface area contributed by atoms with Gasteiger partial charge in [0.05, 0.1) is 6.07 Å². The second-order valence-corrected chi connectivity index (χ2v) is 3.84. The summed E-state index contributed by atoms with van der Waals surface area (Å²) >= 11 is 0. The van der Waals surface area contributed by atoms with Crippen molar-refractivity contribution >= 4 is 5.69 Å². The molecule has 1 heterocycles. The van der Waals surface area contributed by atoms with Gasteiger partial charge < -0.3 is 15.2 Å². The fourth-order valence-electron chi connectivity index (χ4n) is 1.61.